The first kappa shape index (κ1) is 41.0. The van der Waals surface area contributed by atoms with Crippen LogP contribution in [0.3, 0.4) is 0 Å². The van der Waals surface area contributed by atoms with Crippen LogP contribution >= 0.6 is 0 Å². The highest BCUT2D eigenvalue weighted by atomic mass is 16.5. The van der Waals surface area contributed by atoms with E-state index in [1.807, 2.05) is 62.4 Å². The first-order chi connectivity index (χ1) is 28.2. The lowest BCUT2D eigenvalue weighted by Crippen LogP contribution is -2.40. The summed E-state index contributed by atoms with van der Waals surface area (Å²) in [4.78, 5) is 40.1. The number of methoxy groups -OCH3 is 4. The van der Waals surface area contributed by atoms with Gasteiger partial charge in [-0.25, -0.2) is 9.97 Å². The molecule has 0 spiro atoms. The summed E-state index contributed by atoms with van der Waals surface area (Å²) < 4.78 is 22.3. The van der Waals surface area contributed by atoms with Crippen molar-refractivity contribution in [1.29, 1.82) is 10.8 Å². The minimum atomic E-state index is -0.940. The predicted octanol–water partition coefficient (Wildman–Crippen LogP) is 8.31. The molecular weight excluding hydrogens is 733 g/mol. The number of benzene rings is 2. The molecule has 4 unspecified atom stereocenters. The van der Waals surface area contributed by atoms with Crippen LogP contribution in [0, 0.1) is 22.7 Å². The van der Waals surface area contributed by atoms with Crippen LogP contribution in [0.5, 0.6) is 23.0 Å². The molecule has 0 saturated carbocycles. The van der Waals surface area contributed by atoms with Gasteiger partial charge in [0.05, 0.1) is 75.9 Å². The van der Waals surface area contributed by atoms with E-state index in [4.69, 9.17) is 28.9 Å². The Labute approximate surface area is 338 Å². The molecule has 0 radical (unpaired) electrons. The molecule has 2 aromatic carbocycles. The molecule has 58 heavy (non-hydrogen) atoms. The van der Waals surface area contributed by atoms with Gasteiger partial charge in [-0.2, -0.15) is 0 Å². The summed E-state index contributed by atoms with van der Waals surface area (Å²) in [7, 11) is 6.28. The third kappa shape index (κ3) is 8.99. The average Bonchev–Trinajstić information content (AvgIpc) is 3.97. The number of carbonyl (C=O) groups excluding carboxylic acids is 1. The van der Waals surface area contributed by atoms with Gasteiger partial charge in [0.25, 0.3) is 0 Å². The van der Waals surface area contributed by atoms with Gasteiger partial charge in [-0.3, -0.25) is 14.8 Å². The number of carbonyl (C=O) groups is 1. The number of ketones is 1. The molecule has 0 bridgehead atoms. The monoisotopic (exact) mass is 782 g/mol. The van der Waals surface area contributed by atoms with E-state index in [2.05, 4.69) is 19.9 Å². The van der Waals surface area contributed by atoms with Crippen LogP contribution in [0.25, 0.3) is 22.5 Å². The normalized spacial score (nSPS) is 13.2. The van der Waals surface area contributed by atoms with E-state index in [-0.39, 0.29) is 30.0 Å². The van der Waals surface area contributed by atoms with E-state index >= 15 is 4.79 Å². The Kier molecular flexibility index (Phi) is 13.4. The molecule has 0 amide bonds. The number of H-pyrrole nitrogens is 2. The molecule has 0 aliphatic heterocycles. The van der Waals surface area contributed by atoms with Gasteiger partial charge >= 0.3 is 0 Å². The fourth-order valence-electron chi connectivity index (χ4n) is 7.45. The van der Waals surface area contributed by atoms with E-state index in [0.29, 0.717) is 47.5 Å². The van der Waals surface area contributed by atoms with Crippen molar-refractivity contribution in [3.05, 3.63) is 121 Å². The van der Waals surface area contributed by atoms with Crippen molar-refractivity contribution in [3.8, 4) is 45.5 Å². The van der Waals surface area contributed by atoms with Gasteiger partial charge in [-0.15, -0.1) is 0 Å². The first-order valence-corrected chi connectivity index (χ1v) is 19.3. The van der Waals surface area contributed by atoms with Crippen molar-refractivity contribution in [3.63, 3.8) is 0 Å². The number of nitrogens with one attached hydrogen (secondary N) is 4. The van der Waals surface area contributed by atoms with Crippen LogP contribution in [0.2, 0.25) is 0 Å². The number of rotatable bonds is 20. The van der Waals surface area contributed by atoms with Crippen molar-refractivity contribution in [2.24, 2.45) is 11.8 Å². The zero-order chi connectivity index (χ0) is 41.2. The molecule has 300 valence electrons. The summed E-state index contributed by atoms with van der Waals surface area (Å²) in [5.41, 5.74) is 5.36. The van der Waals surface area contributed by atoms with Crippen molar-refractivity contribution in [1.82, 2.24) is 29.9 Å². The molecule has 13 nitrogen and oxygen atoms in total. The summed E-state index contributed by atoms with van der Waals surface area (Å²) in [6.45, 7) is 3.97. The van der Waals surface area contributed by atoms with Gasteiger partial charge in [0.15, 0.2) is 28.8 Å². The maximum atomic E-state index is 15.6. The Hall–Kier alpha value is -6.63. The highest BCUT2D eigenvalue weighted by Gasteiger charge is 2.39. The molecule has 4 N–H and O–H groups in total. The number of imidazole rings is 2. The third-order valence-corrected chi connectivity index (χ3v) is 10.6. The van der Waals surface area contributed by atoms with Gasteiger partial charge in [-0.05, 0) is 85.3 Å². The SMILES string of the molecule is CCC(C(=N)C(Cc1ccc(OC)c(OC)c1)C(=O)C(Cc1ccc(OC)c(OC)c1)C(=N)C(CC)c1ncc(-c2ccncc2)[nH]1)c1ncc(-c2ccncc2)[nH]1. The van der Waals surface area contributed by atoms with Gasteiger partial charge in [0.1, 0.15) is 11.6 Å². The lowest BCUT2D eigenvalue weighted by Gasteiger charge is -2.29. The molecule has 4 atom stereocenters. The number of hydrogen-bond donors (Lipinski definition) is 4. The first-order valence-electron chi connectivity index (χ1n) is 19.3. The Morgan fingerprint density at radius 3 is 1.31 bits per heavy atom. The zero-order valence-corrected chi connectivity index (χ0v) is 33.7. The minimum Gasteiger partial charge on any atom is -0.493 e. The molecule has 6 rings (SSSR count). The van der Waals surface area contributed by atoms with Gasteiger partial charge < -0.3 is 39.7 Å². The summed E-state index contributed by atoms with van der Waals surface area (Å²) >= 11 is 0. The predicted molar refractivity (Wildman–Crippen MR) is 224 cm³/mol. The number of ether oxygens (including phenoxy) is 4. The van der Waals surface area contributed by atoms with Crippen LogP contribution in [-0.4, -0.2) is 75.5 Å². The second kappa shape index (κ2) is 19.0. The van der Waals surface area contributed by atoms with Crippen LogP contribution in [0.15, 0.2) is 97.8 Å². The highest BCUT2D eigenvalue weighted by molar-refractivity contribution is 6.15. The molecule has 4 aromatic heterocycles. The lowest BCUT2D eigenvalue weighted by molar-refractivity contribution is -0.123. The van der Waals surface area contributed by atoms with E-state index in [9.17, 15) is 10.8 Å². The number of aromatic amines is 2. The van der Waals surface area contributed by atoms with E-state index in [0.717, 1.165) is 33.6 Å². The summed E-state index contributed by atoms with van der Waals surface area (Å²) in [5.74, 6) is 0.140. The fourth-order valence-corrected chi connectivity index (χ4v) is 7.45. The molecule has 0 aliphatic carbocycles. The van der Waals surface area contributed by atoms with Gasteiger partial charge in [0.2, 0.25) is 0 Å². The van der Waals surface area contributed by atoms with Crippen LogP contribution in [-0.2, 0) is 17.6 Å². The third-order valence-electron chi connectivity index (χ3n) is 10.6. The Balaban J connectivity index is 1.44. The van der Waals surface area contributed by atoms with Crippen molar-refractivity contribution in [2.45, 2.75) is 51.4 Å². The topological polar surface area (TPSA) is 185 Å². The van der Waals surface area contributed by atoms with E-state index < -0.39 is 23.7 Å². The average molecular weight is 783 g/mol. The largest absolute Gasteiger partial charge is 0.493 e. The Morgan fingerprint density at radius 1 is 0.586 bits per heavy atom. The van der Waals surface area contributed by atoms with Crippen LogP contribution in [0.1, 0.15) is 61.3 Å². The standard InChI is InChI=1S/C45H50N8O5/c1-7-31(44-50-25-35(52-44)29-13-17-48-18-14-29)41(46)33(21-27-9-11-37(55-3)39(23-27)57-5)43(54)34(22-28-10-12-38(56-4)40(24-28)58-6)42(47)32(8-2)45-51-26-36(53-45)30-15-19-49-20-16-30/h9-20,23-26,31-34,46-47H,7-8,21-22H2,1-6H3,(H,50,52)(H,51,53). The van der Waals surface area contributed by atoms with Crippen molar-refractivity contribution in [2.75, 3.05) is 28.4 Å². The Morgan fingerprint density at radius 2 is 0.966 bits per heavy atom. The number of hydrogen-bond acceptors (Lipinski definition) is 11. The fraction of sp³-hybridized carbons (Fsp3) is 0.311. The number of pyridine rings is 2. The van der Waals surface area contributed by atoms with Gasteiger partial charge in [-0.1, -0.05) is 26.0 Å². The highest BCUT2D eigenvalue weighted by Crippen LogP contribution is 2.36. The van der Waals surface area contributed by atoms with Gasteiger partial charge in [0, 0.05) is 47.3 Å². The maximum Gasteiger partial charge on any atom is 0.160 e. The number of Topliss-reactive ketones (excluding diaryl/α,β-unsaturated/α-hetero) is 1. The molecule has 6 aromatic rings. The van der Waals surface area contributed by atoms with E-state index in [1.54, 1.807) is 77.8 Å². The number of nitrogens with zero attached hydrogens (tertiary/aromatic N) is 4. The molecule has 13 heteroatoms. The maximum absolute atomic E-state index is 15.6. The number of aromatic nitrogens is 6. The molecule has 0 fully saturated rings. The van der Waals surface area contributed by atoms with Crippen molar-refractivity contribution < 1.29 is 23.7 Å². The van der Waals surface area contributed by atoms with Crippen LogP contribution in [0.4, 0.5) is 0 Å². The second-order valence-electron chi connectivity index (χ2n) is 14.0. The lowest BCUT2D eigenvalue weighted by atomic mass is 9.74. The summed E-state index contributed by atoms with van der Waals surface area (Å²) in [6, 6.07) is 18.6. The summed E-state index contributed by atoms with van der Waals surface area (Å²) in [6.07, 6.45) is 11.7. The molecule has 0 saturated heterocycles. The summed E-state index contributed by atoms with van der Waals surface area (Å²) in [5, 5.41) is 19.8. The second-order valence-corrected chi connectivity index (χ2v) is 14.0. The Bertz CT molecular complexity index is 2160. The molecular formula is C45H50N8O5. The quantitative estimate of drug-likeness (QED) is 0.0553. The smallest absolute Gasteiger partial charge is 0.160 e. The molecule has 4 heterocycles. The van der Waals surface area contributed by atoms with E-state index in [1.165, 1.54) is 0 Å². The zero-order valence-electron chi connectivity index (χ0n) is 33.7. The molecule has 0 aliphatic rings. The van der Waals surface area contributed by atoms with Crippen molar-refractivity contribution >= 4 is 17.2 Å². The minimum absolute atomic E-state index is 0.186. The van der Waals surface area contributed by atoms with Crippen LogP contribution < -0.4 is 18.9 Å².